The van der Waals surface area contributed by atoms with E-state index >= 15 is 0 Å². The summed E-state index contributed by atoms with van der Waals surface area (Å²) in [5.74, 6) is 1.20. The summed E-state index contributed by atoms with van der Waals surface area (Å²) < 4.78 is 63.8. The number of aryl methyl sites for hydroxylation is 2. The molecule has 3 heterocycles. The first-order chi connectivity index (χ1) is 17.8. The largest absolute Gasteiger partial charge is 0.741 e. The first kappa shape index (κ1) is 30.7. The van der Waals surface area contributed by atoms with Crippen LogP contribution in [0.2, 0.25) is 0 Å². The second-order valence-electron chi connectivity index (χ2n) is 11.9. The van der Waals surface area contributed by atoms with Gasteiger partial charge in [-0.05, 0) is 62.1 Å². The van der Waals surface area contributed by atoms with E-state index in [1.807, 2.05) is 0 Å². The summed E-state index contributed by atoms with van der Waals surface area (Å²) in [6, 6.07) is 15.7. The summed E-state index contributed by atoms with van der Waals surface area (Å²) in [7, 11) is -6.09. The summed E-state index contributed by atoms with van der Waals surface area (Å²) in [5.41, 5.74) is -0.264. The molecule has 0 aliphatic rings. The van der Waals surface area contributed by atoms with Gasteiger partial charge in [-0.25, -0.2) is 17.2 Å². The zero-order chi connectivity index (χ0) is 29.4. The van der Waals surface area contributed by atoms with Crippen molar-refractivity contribution in [2.24, 2.45) is 5.41 Å². The molecule has 6 nitrogen and oxygen atoms in total. The Labute approximate surface area is 228 Å². The minimum Gasteiger partial charge on any atom is -0.741 e. The van der Waals surface area contributed by atoms with Crippen molar-refractivity contribution in [2.75, 3.05) is 5.32 Å². The van der Waals surface area contributed by atoms with Gasteiger partial charge in [0.2, 0.25) is 5.65 Å². The maximum absolute atomic E-state index is 10.7. The van der Waals surface area contributed by atoms with E-state index in [-0.39, 0.29) is 11.0 Å². The molecular formula is C29H38F3N3O3S. The maximum atomic E-state index is 10.7. The Bertz CT molecular complexity index is 1580. The van der Waals surface area contributed by atoms with Gasteiger partial charge in [0, 0.05) is 17.9 Å². The van der Waals surface area contributed by atoms with E-state index in [1.165, 1.54) is 51.9 Å². The second-order valence-corrected chi connectivity index (χ2v) is 13.3. The maximum Gasteiger partial charge on any atom is 0.485 e. The van der Waals surface area contributed by atoms with Crippen molar-refractivity contribution in [1.82, 2.24) is 4.40 Å². The van der Waals surface area contributed by atoms with E-state index in [4.69, 9.17) is 13.0 Å². The zero-order valence-electron chi connectivity index (χ0n) is 23.6. The van der Waals surface area contributed by atoms with Gasteiger partial charge in [0.25, 0.3) is 5.82 Å². The lowest BCUT2D eigenvalue weighted by Crippen LogP contribution is -2.39. The molecule has 39 heavy (non-hydrogen) atoms. The number of benzene rings is 1. The number of imidazole rings is 1. The number of pyridine rings is 2. The fourth-order valence-electron chi connectivity index (χ4n) is 5.27. The fraction of sp³-hybridized carbons (Fsp3) is 0.483. The number of halogens is 3. The quantitative estimate of drug-likeness (QED) is 0.153. The van der Waals surface area contributed by atoms with E-state index < -0.39 is 15.6 Å². The van der Waals surface area contributed by atoms with Crippen molar-refractivity contribution in [3.8, 4) is 0 Å². The van der Waals surface area contributed by atoms with Gasteiger partial charge in [-0.15, -0.1) is 0 Å². The van der Waals surface area contributed by atoms with Crippen LogP contribution in [0.3, 0.4) is 0 Å². The van der Waals surface area contributed by atoms with Crippen LogP contribution in [0.4, 0.5) is 19.0 Å². The van der Waals surface area contributed by atoms with Crippen LogP contribution in [0, 0.1) is 12.3 Å². The minimum absolute atomic E-state index is 0.0374. The lowest BCUT2D eigenvalue weighted by Gasteiger charge is -2.31. The Morgan fingerprint density at radius 3 is 2.21 bits per heavy atom. The number of rotatable bonds is 6. The Hall–Kier alpha value is -2.85. The molecule has 0 spiro atoms. The normalized spacial score (nSPS) is 13.1. The lowest BCUT2D eigenvalue weighted by molar-refractivity contribution is -0.495. The molecule has 0 fully saturated rings. The molecule has 0 radical (unpaired) electrons. The zero-order valence-corrected chi connectivity index (χ0v) is 24.4. The minimum atomic E-state index is -6.09. The van der Waals surface area contributed by atoms with E-state index in [2.05, 4.69) is 111 Å². The van der Waals surface area contributed by atoms with Crippen molar-refractivity contribution in [1.29, 1.82) is 0 Å². The van der Waals surface area contributed by atoms with Crippen molar-refractivity contribution in [3.63, 3.8) is 0 Å². The molecule has 0 aliphatic heterocycles. The van der Waals surface area contributed by atoms with Crippen molar-refractivity contribution in [3.05, 3.63) is 59.9 Å². The van der Waals surface area contributed by atoms with E-state index in [0.717, 1.165) is 12.8 Å². The Morgan fingerprint density at radius 2 is 1.64 bits per heavy atom. The molecule has 1 N–H and O–H groups in total. The Kier molecular flexibility index (Phi) is 8.63. The lowest BCUT2D eigenvalue weighted by atomic mass is 9.82. The third-order valence-electron chi connectivity index (χ3n) is 6.32. The van der Waals surface area contributed by atoms with Gasteiger partial charge >= 0.3 is 5.51 Å². The molecule has 3 aromatic heterocycles. The number of alkyl halides is 3. The van der Waals surface area contributed by atoms with E-state index in [9.17, 15) is 13.2 Å². The van der Waals surface area contributed by atoms with Crippen molar-refractivity contribution in [2.45, 2.75) is 85.2 Å². The highest BCUT2D eigenvalue weighted by atomic mass is 32.2. The van der Waals surface area contributed by atoms with Gasteiger partial charge in [0.05, 0.1) is 17.4 Å². The molecule has 4 aromatic rings. The number of anilines is 1. The second kappa shape index (κ2) is 11.0. The average Bonchev–Trinajstić information content (AvgIpc) is 3.08. The molecule has 0 saturated carbocycles. The average molecular weight is 566 g/mol. The molecule has 10 heteroatoms. The number of nitrogens with zero attached hydrogens (tertiary/aromatic N) is 2. The third-order valence-corrected chi connectivity index (χ3v) is 6.88. The van der Waals surface area contributed by atoms with Crippen LogP contribution in [0.1, 0.15) is 72.1 Å². The molecule has 0 bridgehead atoms. The predicted molar refractivity (Wildman–Crippen MR) is 149 cm³/mol. The Morgan fingerprint density at radius 1 is 1.03 bits per heavy atom. The number of nitrogens with one attached hydrogen (secondary N) is 1. The Balaban J connectivity index is 0.000000459. The number of fused-ring (bicyclic) bond motifs is 5. The van der Waals surface area contributed by atoms with Crippen LogP contribution in [0.15, 0.2) is 48.7 Å². The molecular weight excluding hydrogens is 527 g/mol. The molecule has 0 amide bonds. The third kappa shape index (κ3) is 7.22. The molecule has 1 aromatic carbocycles. The highest BCUT2D eigenvalue weighted by molar-refractivity contribution is 7.86. The highest BCUT2D eigenvalue weighted by Crippen LogP contribution is 2.34. The number of unbranched alkanes of at least 4 members (excludes halogenated alkanes) is 1. The van der Waals surface area contributed by atoms with Gasteiger partial charge < -0.3 is 4.55 Å². The molecule has 0 unspecified atom stereocenters. The number of aromatic nitrogens is 2. The van der Waals surface area contributed by atoms with Gasteiger partial charge in [-0.1, -0.05) is 58.4 Å². The summed E-state index contributed by atoms with van der Waals surface area (Å²) in [5, 5.41) is 6.61. The topological polar surface area (TPSA) is 77.7 Å². The highest BCUT2D eigenvalue weighted by Gasteiger charge is 2.37. The number of hydrogen-bond donors (Lipinski definition) is 1. The molecule has 214 valence electrons. The standard InChI is InChI=1S/C28H38N3.CHF3O3S/c1-8-9-13-22-17-21-12-10-11-14-23(21)25-26(29-28(6,7)19-27(3,4)5)30-18-20(2)15-16-24(30)31(22)25;2-1(3,4)8(5,6)7/h10-12,14-18,29H,8-9,13,19H2,1-7H3;(H,5,6,7)/q+1;/p-1. The first-order valence-corrected chi connectivity index (χ1v) is 14.4. The molecule has 0 saturated heterocycles. The smallest absolute Gasteiger partial charge is 0.485 e. The monoisotopic (exact) mass is 565 g/mol. The van der Waals surface area contributed by atoms with Gasteiger partial charge in [-0.3, -0.25) is 5.32 Å². The van der Waals surface area contributed by atoms with E-state index in [0.29, 0.717) is 0 Å². The molecule has 4 rings (SSSR count). The van der Waals surface area contributed by atoms with Crippen molar-refractivity contribution < 1.29 is 30.5 Å². The number of hydrogen-bond acceptors (Lipinski definition) is 4. The van der Waals surface area contributed by atoms with Crippen LogP contribution in [0.25, 0.3) is 21.9 Å². The van der Waals surface area contributed by atoms with Gasteiger partial charge in [0.1, 0.15) is 0 Å². The molecule has 0 aliphatic carbocycles. The van der Waals surface area contributed by atoms with Gasteiger partial charge in [0.15, 0.2) is 15.6 Å². The van der Waals surface area contributed by atoms with Crippen LogP contribution >= 0.6 is 0 Å². The van der Waals surface area contributed by atoms with Crippen LogP contribution in [-0.4, -0.2) is 28.4 Å². The summed E-state index contributed by atoms with van der Waals surface area (Å²) in [6.07, 6.45) is 6.83. The van der Waals surface area contributed by atoms with Crippen LogP contribution in [0.5, 0.6) is 0 Å². The van der Waals surface area contributed by atoms with Crippen molar-refractivity contribution >= 4 is 37.9 Å². The SMILES string of the molecule is CCCCc1cc2ccccc2c2c(NC(C)(C)CC(C)(C)C)[n+]3cc(C)ccc3n12.O=S(=O)([O-])C(F)(F)F. The van der Waals surface area contributed by atoms with Crippen LogP contribution < -0.4 is 9.72 Å². The molecule has 0 atom stereocenters. The predicted octanol–water partition coefficient (Wildman–Crippen LogP) is 7.16. The first-order valence-electron chi connectivity index (χ1n) is 13.0. The fourth-order valence-corrected chi connectivity index (χ4v) is 5.27. The van der Waals surface area contributed by atoms with E-state index in [1.54, 1.807) is 0 Å². The summed E-state index contributed by atoms with van der Waals surface area (Å²) in [6.45, 7) is 16.1. The van der Waals surface area contributed by atoms with Gasteiger partial charge in [-0.2, -0.15) is 13.2 Å². The summed E-state index contributed by atoms with van der Waals surface area (Å²) >= 11 is 0. The summed E-state index contributed by atoms with van der Waals surface area (Å²) in [4.78, 5) is 0. The van der Waals surface area contributed by atoms with Crippen LogP contribution in [-0.2, 0) is 16.5 Å².